The predicted molar refractivity (Wildman–Crippen MR) is 68.8 cm³/mol. The molecule has 0 saturated heterocycles. The van der Waals surface area contributed by atoms with Crippen molar-refractivity contribution in [3.63, 3.8) is 0 Å². The molecule has 0 bridgehead atoms. The summed E-state index contributed by atoms with van der Waals surface area (Å²) in [6, 6.07) is 4.91. The lowest BCUT2D eigenvalue weighted by atomic mass is 10.2. The Labute approximate surface area is 117 Å². The number of nitrogens with zero attached hydrogens (tertiary/aromatic N) is 2. The summed E-state index contributed by atoms with van der Waals surface area (Å²) in [6.45, 7) is 1.89. The lowest BCUT2D eigenvalue weighted by Crippen LogP contribution is -2.02. The molecule has 2 rings (SSSR count). The number of hydrogen-bond acceptors (Lipinski definition) is 6. The van der Waals surface area contributed by atoms with Gasteiger partial charge in [0.15, 0.2) is 12.4 Å². The van der Waals surface area contributed by atoms with Crippen LogP contribution in [0.3, 0.4) is 0 Å². The minimum Gasteiger partial charge on any atom is -0.483 e. The fraction of sp³-hybridized carbons (Fsp3) is 0.250. The Balaban J connectivity index is 2.07. The Morgan fingerprint density at radius 1 is 1.47 bits per heavy atom. The van der Waals surface area contributed by atoms with Crippen molar-refractivity contribution in [1.29, 1.82) is 0 Å². The summed E-state index contributed by atoms with van der Waals surface area (Å²) in [6.07, 6.45) is 0. The molecule has 6 nitrogen and oxygen atoms in total. The molecule has 1 aromatic carbocycles. The fourth-order valence-electron chi connectivity index (χ4n) is 1.40. The van der Waals surface area contributed by atoms with Crippen LogP contribution in [0.25, 0.3) is 0 Å². The third kappa shape index (κ3) is 3.31. The van der Waals surface area contributed by atoms with Crippen molar-refractivity contribution in [3.05, 3.63) is 40.0 Å². The van der Waals surface area contributed by atoms with E-state index in [9.17, 15) is 4.79 Å². The number of hydrogen-bond donors (Lipinski definition) is 0. The van der Waals surface area contributed by atoms with E-state index in [-0.39, 0.29) is 6.61 Å². The predicted octanol–water partition coefficient (Wildman–Crippen LogP) is 2.51. The third-order valence-electron chi connectivity index (χ3n) is 2.27. The van der Waals surface area contributed by atoms with Crippen LogP contribution in [0.4, 0.5) is 0 Å². The average Bonchev–Trinajstić information content (AvgIpc) is 2.82. The molecule has 7 heteroatoms. The summed E-state index contributed by atoms with van der Waals surface area (Å²) in [7, 11) is 1.33. The number of benzene rings is 1. The number of halogens is 1. The van der Waals surface area contributed by atoms with Gasteiger partial charge in [0.05, 0.1) is 17.1 Å². The standard InChI is InChI=1S/C12H11BrN2O4/c1-7-14-11(19-15-7)6-18-10-4-3-8(5-9(10)13)12(16)17-2/h3-5H,6H2,1-2H3. The zero-order valence-corrected chi connectivity index (χ0v) is 11.9. The number of rotatable bonds is 4. The van der Waals surface area contributed by atoms with Gasteiger partial charge in [0.2, 0.25) is 0 Å². The zero-order valence-electron chi connectivity index (χ0n) is 10.3. The first-order valence-electron chi connectivity index (χ1n) is 5.40. The topological polar surface area (TPSA) is 74.5 Å². The number of carbonyl (C=O) groups excluding carboxylic acids is 1. The summed E-state index contributed by atoms with van der Waals surface area (Å²) in [4.78, 5) is 15.4. The van der Waals surface area contributed by atoms with Gasteiger partial charge in [-0.3, -0.25) is 0 Å². The Morgan fingerprint density at radius 2 is 2.26 bits per heavy atom. The van der Waals surface area contributed by atoms with Crippen molar-refractivity contribution in [1.82, 2.24) is 10.1 Å². The van der Waals surface area contributed by atoms with Crippen molar-refractivity contribution in [3.8, 4) is 5.75 Å². The van der Waals surface area contributed by atoms with Crippen LogP contribution < -0.4 is 4.74 Å². The molecule has 2 aromatic rings. The largest absolute Gasteiger partial charge is 0.483 e. The first kappa shape index (κ1) is 13.5. The van der Waals surface area contributed by atoms with Gasteiger partial charge in [-0.25, -0.2) is 4.79 Å². The van der Waals surface area contributed by atoms with E-state index in [0.717, 1.165) is 0 Å². The molecule has 0 aliphatic rings. The van der Waals surface area contributed by atoms with E-state index in [2.05, 4.69) is 30.8 Å². The van der Waals surface area contributed by atoms with Crippen LogP contribution >= 0.6 is 15.9 Å². The monoisotopic (exact) mass is 326 g/mol. The van der Waals surface area contributed by atoms with E-state index in [1.807, 2.05) is 0 Å². The summed E-state index contributed by atoms with van der Waals surface area (Å²) >= 11 is 3.32. The fourth-order valence-corrected chi connectivity index (χ4v) is 1.89. The van der Waals surface area contributed by atoms with Crippen LogP contribution in [0.15, 0.2) is 27.2 Å². The number of esters is 1. The van der Waals surface area contributed by atoms with Crippen LogP contribution in [0.2, 0.25) is 0 Å². The molecule has 0 fully saturated rings. The van der Waals surface area contributed by atoms with E-state index in [1.165, 1.54) is 7.11 Å². The van der Waals surface area contributed by atoms with E-state index in [1.54, 1.807) is 25.1 Å². The van der Waals surface area contributed by atoms with Gasteiger partial charge < -0.3 is 14.0 Å². The molecule has 0 aliphatic heterocycles. The molecule has 0 N–H and O–H groups in total. The first-order valence-corrected chi connectivity index (χ1v) is 6.19. The van der Waals surface area contributed by atoms with Gasteiger partial charge in [-0.2, -0.15) is 4.98 Å². The van der Waals surface area contributed by atoms with E-state index in [0.29, 0.717) is 27.5 Å². The second kappa shape index (κ2) is 5.83. The molecular weight excluding hydrogens is 316 g/mol. The average molecular weight is 327 g/mol. The zero-order chi connectivity index (χ0) is 13.8. The Morgan fingerprint density at radius 3 is 2.84 bits per heavy atom. The van der Waals surface area contributed by atoms with E-state index >= 15 is 0 Å². The first-order chi connectivity index (χ1) is 9.10. The van der Waals surface area contributed by atoms with Crippen molar-refractivity contribution >= 4 is 21.9 Å². The van der Waals surface area contributed by atoms with Gasteiger partial charge in [0, 0.05) is 0 Å². The Bertz CT molecular complexity index is 597. The van der Waals surface area contributed by atoms with Crippen LogP contribution in [0, 0.1) is 6.92 Å². The maximum atomic E-state index is 11.3. The van der Waals surface area contributed by atoms with Gasteiger partial charge in [0.25, 0.3) is 5.89 Å². The van der Waals surface area contributed by atoms with Crippen LogP contribution in [-0.2, 0) is 11.3 Å². The highest BCUT2D eigenvalue weighted by Gasteiger charge is 2.10. The van der Waals surface area contributed by atoms with Gasteiger partial charge in [-0.15, -0.1) is 0 Å². The number of carbonyl (C=O) groups is 1. The lowest BCUT2D eigenvalue weighted by Gasteiger charge is -2.07. The highest BCUT2D eigenvalue weighted by atomic mass is 79.9. The van der Waals surface area contributed by atoms with Crippen molar-refractivity contribution in [2.75, 3.05) is 7.11 Å². The molecule has 0 spiro atoms. The lowest BCUT2D eigenvalue weighted by molar-refractivity contribution is 0.0600. The van der Waals surface area contributed by atoms with Gasteiger partial charge in [0.1, 0.15) is 5.75 Å². The van der Waals surface area contributed by atoms with Crippen LogP contribution in [0.5, 0.6) is 5.75 Å². The maximum absolute atomic E-state index is 11.3. The molecule has 100 valence electrons. The number of methoxy groups -OCH3 is 1. The normalized spacial score (nSPS) is 10.3. The summed E-state index contributed by atoms with van der Waals surface area (Å²) in [5.74, 6) is 1.11. The number of ether oxygens (including phenoxy) is 2. The Kier molecular flexibility index (Phi) is 4.16. The van der Waals surface area contributed by atoms with Crippen molar-refractivity contribution < 1.29 is 18.8 Å². The molecule has 0 saturated carbocycles. The quantitative estimate of drug-likeness (QED) is 0.803. The van der Waals surface area contributed by atoms with Crippen molar-refractivity contribution in [2.24, 2.45) is 0 Å². The molecule has 0 unspecified atom stereocenters. The minimum absolute atomic E-state index is 0.164. The SMILES string of the molecule is COC(=O)c1ccc(OCc2nc(C)no2)c(Br)c1. The number of aryl methyl sites for hydroxylation is 1. The number of aromatic nitrogens is 2. The van der Waals surface area contributed by atoms with E-state index < -0.39 is 5.97 Å². The molecule has 0 atom stereocenters. The van der Waals surface area contributed by atoms with Crippen LogP contribution in [-0.4, -0.2) is 23.2 Å². The molecule has 0 radical (unpaired) electrons. The minimum atomic E-state index is -0.403. The second-order valence-electron chi connectivity index (χ2n) is 3.66. The molecule has 0 aliphatic carbocycles. The summed E-state index contributed by atoms with van der Waals surface area (Å²) in [5, 5.41) is 3.66. The maximum Gasteiger partial charge on any atom is 0.337 e. The molecule has 1 heterocycles. The van der Waals surface area contributed by atoms with Gasteiger partial charge in [-0.05, 0) is 41.1 Å². The summed E-state index contributed by atoms with van der Waals surface area (Å²) < 4.78 is 15.7. The molecule has 1 aromatic heterocycles. The second-order valence-corrected chi connectivity index (χ2v) is 4.52. The molecular formula is C12H11BrN2O4. The summed E-state index contributed by atoms with van der Waals surface area (Å²) in [5.41, 5.74) is 0.440. The van der Waals surface area contributed by atoms with Crippen LogP contribution in [0.1, 0.15) is 22.1 Å². The highest BCUT2D eigenvalue weighted by molar-refractivity contribution is 9.10. The molecule has 0 amide bonds. The Hall–Kier alpha value is -1.89. The smallest absolute Gasteiger partial charge is 0.337 e. The van der Waals surface area contributed by atoms with Gasteiger partial charge in [-0.1, -0.05) is 5.16 Å². The van der Waals surface area contributed by atoms with E-state index in [4.69, 9.17) is 9.26 Å². The third-order valence-corrected chi connectivity index (χ3v) is 2.89. The highest BCUT2D eigenvalue weighted by Crippen LogP contribution is 2.27. The van der Waals surface area contributed by atoms with Crippen molar-refractivity contribution in [2.45, 2.75) is 13.5 Å². The van der Waals surface area contributed by atoms with Gasteiger partial charge >= 0.3 is 5.97 Å². The molecule has 19 heavy (non-hydrogen) atoms.